The van der Waals surface area contributed by atoms with Crippen molar-refractivity contribution in [2.24, 2.45) is 0 Å². The predicted molar refractivity (Wildman–Crippen MR) is 122 cm³/mol. The van der Waals surface area contributed by atoms with Gasteiger partial charge < -0.3 is 20.1 Å². The van der Waals surface area contributed by atoms with Crippen LogP contribution in [-0.2, 0) is 24.3 Å². The normalized spacial score (nSPS) is 11.2. The van der Waals surface area contributed by atoms with Crippen molar-refractivity contribution in [1.29, 1.82) is 0 Å². The SMILES string of the molecule is COCCOC(=O)Nc1cccc(NCC(=O)Nc2ccc(C)c(S(=O)(=O)N(C)C)c2)c1. The molecule has 0 spiro atoms. The van der Waals surface area contributed by atoms with Crippen LogP contribution in [-0.4, -0.2) is 65.7 Å². The molecule has 0 atom stereocenters. The van der Waals surface area contributed by atoms with Crippen LogP contribution < -0.4 is 16.0 Å². The van der Waals surface area contributed by atoms with Crippen LogP contribution in [0.2, 0.25) is 0 Å². The van der Waals surface area contributed by atoms with Gasteiger partial charge in [0.15, 0.2) is 0 Å². The molecule has 174 valence electrons. The maximum Gasteiger partial charge on any atom is 0.411 e. The van der Waals surface area contributed by atoms with Crippen molar-refractivity contribution >= 4 is 39.1 Å². The Kier molecular flexibility index (Phi) is 9.00. The molecular formula is C21H28N4O6S. The van der Waals surface area contributed by atoms with Crippen molar-refractivity contribution in [2.45, 2.75) is 11.8 Å². The summed E-state index contributed by atoms with van der Waals surface area (Å²) in [5.41, 5.74) is 2.06. The molecule has 3 N–H and O–H groups in total. The minimum Gasteiger partial charge on any atom is -0.447 e. The van der Waals surface area contributed by atoms with Gasteiger partial charge in [-0.3, -0.25) is 10.1 Å². The quantitative estimate of drug-likeness (QED) is 0.461. The molecule has 0 aromatic heterocycles. The van der Waals surface area contributed by atoms with Crippen molar-refractivity contribution in [3.8, 4) is 0 Å². The Balaban J connectivity index is 1.96. The molecule has 0 fully saturated rings. The van der Waals surface area contributed by atoms with Crippen LogP contribution in [0.4, 0.5) is 21.9 Å². The lowest BCUT2D eigenvalue weighted by molar-refractivity contribution is -0.114. The predicted octanol–water partition coefficient (Wildman–Crippen LogP) is 2.49. The van der Waals surface area contributed by atoms with Gasteiger partial charge in [0, 0.05) is 38.3 Å². The van der Waals surface area contributed by atoms with E-state index in [0.717, 1.165) is 4.31 Å². The summed E-state index contributed by atoms with van der Waals surface area (Å²) < 4.78 is 35.8. The van der Waals surface area contributed by atoms with Crippen molar-refractivity contribution in [1.82, 2.24) is 4.31 Å². The van der Waals surface area contributed by atoms with Gasteiger partial charge in [-0.2, -0.15) is 0 Å². The third kappa shape index (κ3) is 7.22. The van der Waals surface area contributed by atoms with E-state index in [1.54, 1.807) is 43.3 Å². The fourth-order valence-corrected chi connectivity index (χ4v) is 3.76. The minimum absolute atomic E-state index is 0.0641. The van der Waals surface area contributed by atoms with E-state index in [2.05, 4.69) is 16.0 Å². The first-order chi connectivity index (χ1) is 15.1. The molecule has 0 saturated carbocycles. The second-order valence-corrected chi connectivity index (χ2v) is 9.12. The van der Waals surface area contributed by atoms with Crippen LogP contribution in [0.1, 0.15) is 5.56 Å². The molecular weight excluding hydrogens is 436 g/mol. The molecule has 2 amide bonds. The largest absolute Gasteiger partial charge is 0.447 e. The monoisotopic (exact) mass is 464 g/mol. The number of ether oxygens (including phenoxy) is 2. The van der Waals surface area contributed by atoms with Crippen LogP contribution in [0.5, 0.6) is 0 Å². The van der Waals surface area contributed by atoms with Crippen LogP contribution in [0.25, 0.3) is 0 Å². The van der Waals surface area contributed by atoms with Crippen LogP contribution >= 0.6 is 0 Å². The number of carbonyl (C=O) groups is 2. The number of nitrogens with one attached hydrogen (secondary N) is 3. The van der Waals surface area contributed by atoms with Gasteiger partial charge in [-0.25, -0.2) is 17.5 Å². The van der Waals surface area contributed by atoms with Crippen molar-refractivity contribution < 1.29 is 27.5 Å². The molecule has 0 aliphatic heterocycles. The second-order valence-electron chi connectivity index (χ2n) is 7.00. The number of anilines is 3. The van der Waals surface area contributed by atoms with Gasteiger partial charge in [0.2, 0.25) is 15.9 Å². The number of sulfonamides is 1. The fourth-order valence-electron chi connectivity index (χ4n) is 2.62. The van der Waals surface area contributed by atoms with Crippen molar-refractivity contribution in [3.05, 3.63) is 48.0 Å². The maximum absolute atomic E-state index is 12.4. The highest BCUT2D eigenvalue weighted by atomic mass is 32.2. The Bertz CT molecular complexity index is 1060. The smallest absolute Gasteiger partial charge is 0.411 e. The summed E-state index contributed by atoms with van der Waals surface area (Å²) in [6, 6.07) is 11.5. The Morgan fingerprint density at radius 3 is 2.34 bits per heavy atom. The van der Waals surface area contributed by atoms with Crippen LogP contribution in [0.3, 0.4) is 0 Å². The number of methoxy groups -OCH3 is 1. The van der Waals surface area contributed by atoms with Gasteiger partial charge in [0.05, 0.1) is 18.0 Å². The molecule has 2 rings (SSSR count). The summed E-state index contributed by atoms with van der Waals surface area (Å²) in [6.45, 7) is 2.06. The summed E-state index contributed by atoms with van der Waals surface area (Å²) in [7, 11) is 0.782. The molecule has 32 heavy (non-hydrogen) atoms. The van der Waals surface area contributed by atoms with Gasteiger partial charge in [-0.1, -0.05) is 12.1 Å². The average Bonchev–Trinajstić information content (AvgIpc) is 2.74. The molecule has 0 heterocycles. The summed E-state index contributed by atoms with van der Waals surface area (Å²) in [6.07, 6.45) is -0.611. The van der Waals surface area contributed by atoms with Crippen molar-refractivity contribution in [2.75, 3.05) is 56.9 Å². The molecule has 0 aliphatic carbocycles. The molecule has 0 unspecified atom stereocenters. The van der Waals surface area contributed by atoms with E-state index in [4.69, 9.17) is 9.47 Å². The average molecular weight is 465 g/mol. The van der Waals surface area contributed by atoms with Crippen molar-refractivity contribution in [3.63, 3.8) is 0 Å². The number of nitrogens with zero attached hydrogens (tertiary/aromatic N) is 1. The summed E-state index contributed by atoms with van der Waals surface area (Å²) in [4.78, 5) is 24.2. The zero-order valence-electron chi connectivity index (χ0n) is 18.5. The second kappa shape index (κ2) is 11.5. The highest BCUT2D eigenvalue weighted by Gasteiger charge is 2.20. The van der Waals surface area contributed by atoms with Gasteiger partial charge in [0.25, 0.3) is 0 Å². The van der Waals surface area contributed by atoms with Gasteiger partial charge >= 0.3 is 6.09 Å². The van der Waals surface area contributed by atoms with E-state index < -0.39 is 16.1 Å². The van der Waals surface area contributed by atoms with E-state index in [0.29, 0.717) is 29.2 Å². The fraction of sp³-hybridized carbons (Fsp3) is 0.333. The number of aryl methyl sites for hydroxylation is 1. The highest BCUT2D eigenvalue weighted by Crippen LogP contribution is 2.22. The van der Waals surface area contributed by atoms with E-state index >= 15 is 0 Å². The number of benzene rings is 2. The number of hydrogen-bond donors (Lipinski definition) is 3. The lowest BCUT2D eigenvalue weighted by Gasteiger charge is -2.15. The molecule has 0 radical (unpaired) electrons. The third-order valence-electron chi connectivity index (χ3n) is 4.31. The van der Waals surface area contributed by atoms with Crippen LogP contribution in [0, 0.1) is 6.92 Å². The van der Waals surface area contributed by atoms with E-state index in [1.807, 2.05) is 0 Å². The Morgan fingerprint density at radius 1 is 0.969 bits per heavy atom. The molecule has 0 aliphatic rings. The molecule has 0 bridgehead atoms. The van der Waals surface area contributed by atoms with Crippen LogP contribution in [0.15, 0.2) is 47.4 Å². The number of hydrogen-bond acceptors (Lipinski definition) is 7. The number of rotatable bonds is 10. The zero-order chi connectivity index (χ0) is 23.7. The molecule has 11 heteroatoms. The van der Waals surface area contributed by atoms with Gasteiger partial charge in [-0.15, -0.1) is 0 Å². The lowest BCUT2D eigenvalue weighted by Crippen LogP contribution is -2.24. The first-order valence-corrected chi connectivity index (χ1v) is 11.2. The topological polar surface area (TPSA) is 126 Å². The summed E-state index contributed by atoms with van der Waals surface area (Å²) in [5.74, 6) is -0.362. The minimum atomic E-state index is -3.63. The Hall–Kier alpha value is -3.15. The van der Waals surface area contributed by atoms with E-state index in [-0.39, 0.29) is 24.0 Å². The maximum atomic E-state index is 12.4. The number of amides is 2. The Labute approximate surface area is 187 Å². The highest BCUT2D eigenvalue weighted by molar-refractivity contribution is 7.89. The third-order valence-corrected chi connectivity index (χ3v) is 6.27. The first kappa shape index (κ1) is 25.1. The molecule has 10 nitrogen and oxygen atoms in total. The summed E-state index contributed by atoms with van der Waals surface area (Å²) in [5, 5.41) is 8.22. The number of carbonyl (C=O) groups excluding carboxylic acids is 2. The Morgan fingerprint density at radius 2 is 1.66 bits per heavy atom. The molecule has 2 aromatic carbocycles. The summed E-state index contributed by atoms with van der Waals surface area (Å²) >= 11 is 0. The molecule has 0 saturated heterocycles. The van der Waals surface area contributed by atoms with E-state index in [9.17, 15) is 18.0 Å². The lowest BCUT2D eigenvalue weighted by atomic mass is 10.2. The van der Waals surface area contributed by atoms with E-state index in [1.165, 1.54) is 27.3 Å². The van der Waals surface area contributed by atoms with Gasteiger partial charge in [-0.05, 0) is 42.8 Å². The zero-order valence-corrected chi connectivity index (χ0v) is 19.3. The first-order valence-electron chi connectivity index (χ1n) is 9.73. The standard InChI is InChI=1S/C21H28N4O6S/c1-15-8-9-18(13-19(15)32(28,29)25(2)3)23-20(26)14-22-16-6-5-7-17(12-16)24-21(27)31-11-10-30-4/h5-9,12-13,22H,10-11,14H2,1-4H3,(H,23,26)(H,24,27). The van der Waals surface area contributed by atoms with Gasteiger partial charge in [0.1, 0.15) is 6.61 Å². The molecule has 2 aromatic rings.